The third-order valence-corrected chi connectivity index (χ3v) is 3.15. The van der Waals surface area contributed by atoms with E-state index in [1.807, 2.05) is 30.9 Å². The summed E-state index contributed by atoms with van der Waals surface area (Å²) in [6, 6.07) is 3.68. The summed E-state index contributed by atoms with van der Waals surface area (Å²) in [4.78, 5) is 18.3. The van der Waals surface area contributed by atoms with Crippen LogP contribution in [-0.4, -0.2) is 34.9 Å². The van der Waals surface area contributed by atoms with Gasteiger partial charge in [-0.2, -0.15) is 0 Å². The van der Waals surface area contributed by atoms with Crippen LogP contribution in [0, 0.1) is 6.92 Å². The van der Waals surface area contributed by atoms with Gasteiger partial charge in [0.25, 0.3) is 0 Å². The summed E-state index contributed by atoms with van der Waals surface area (Å²) in [6.07, 6.45) is 3.99. The van der Waals surface area contributed by atoms with Crippen molar-refractivity contribution in [2.45, 2.75) is 32.7 Å². The molecule has 1 aromatic rings. The Labute approximate surface area is 102 Å². The average molecular weight is 233 g/mol. The van der Waals surface area contributed by atoms with Gasteiger partial charge in [-0.05, 0) is 38.3 Å². The Morgan fingerprint density at radius 3 is 2.82 bits per heavy atom. The van der Waals surface area contributed by atoms with E-state index in [2.05, 4.69) is 10.3 Å². The number of rotatable bonds is 3. The third kappa shape index (κ3) is 2.75. The van der Waals surface area contributed by atoms with Gasteiger partial charge in [-0.1, -0.05) is 6.07 Å². The molecule has 0 aliphatic carbocycles. The lowest BCUT2D eigenvalue weighted by Crippen LogP contribution is -2.39. The molecule has 92 valence electrons. The molecule has 0 spiro atoms. The van der Waals surface area contributed by atoms with Crippen molar-refractivity contribution in [2.75, 3.05) is 18.4 Å². The molecule has 0 aromatic carbocycles. The molecule has 2 rings (SSSR count). The number of pyridine rings is 1. The van der Waals surface area contributed by atoms with Gasteiger partial charge in [0.05, 0.1) is 0 Å². The third-order valence-electron chi connectivity index (χ3n) is 3.15. The second kappa shape index (κ2) is 5.17. The Morgan fingerprint density at radius 2 is 2.18 bits per heavy atom. The zero-order valence-corrected chi connectivity index (χ0v) is 10.4. The van der Waals surface area contributed by atoms with Crippen LogP contribution in [0.5, 0.6) is 0 Å². The molecule has 1 N–H and O–H groups in total. The minimum absolute atomic E-state index is 0.174. The maximum Gasteiger partial charge on any atom is 0.244 e. The van der Waals surface area contributed by atoms with Gasteiger partial charge in [-0.15, -0.1) is 0 Å². The van der Waals surface area contributed by atoms with Gasteiger partial charge in [0.15, 0.2) is 0 Å². The minimum atomic E-state index is -0.207. The van der Waals surface area contributed by atoms with E-state index < -0.39 is 0 Å². The van der Waals surface area contributed by atoms with E-state index in [9.17, 15) is 4.79 Å². The maximum absolute atomic E-state index is 12.1. The number of aryl methyl sites for hydroxylation is 1. The molecule has 1 saturated heterocycles. The first-order valence-electron chi connectivity index (χ1n) is 6.15. The molecule has 4 nitrogen and oxygen atoms in total. The standard InChI is InChI=1S/C13H19N3O/c1-10-6-5-7-14-12(10)15-11(2)13(17)16-8-3-4-9-16/h5-7,11H,3-4,8-9H2,1-2H3,(H,14,15). The SMILES string of the molecule is Cc1cccnc1NC(C)C(=O)N1CCCC1. The van der Waals surface area contributed by atoms with Gasteiger partial charge in [-0.25, -0.2) is 4.98 Å². The number of hydrogen-bond donors (Lipinski definition) is 1. The highest BCUT2D eigenvalue weighted by atomic mass is 16.2. The number of hydrogen-bond acceptors (Lipinski definition) is 3. The highest BCUT2D eigenvalue weighted by molar-refractivity contribution is 5.84. The second-order valence-corrected chi connectivity index (χ2v) is 4.57. The van der Waals surface area contributed by atoms with E-state index >= 15 is 0 Å². The van der Waals surface area contributed by atoms with Crippen LogP contribution in [0.25, 0.3) is 0 Å². The zero-order chi connectivity index (χ0) is 12.3. The predicted molar refractivity (Wildman–Crippen MR) is 67.9 cm³/mol. The molecular formula is C13H19N3O. The normalized spacial score (nSPS) is 16.9. The number of nitrogens with zero attached hydrogens (tertiary/aromatic N) is 2. The monoisotopic (exact) mass is 233 g/mol. The topological polar surface area (TPSA) is 45.2 Å². The number of carbonyl (C=O) groups is 1. The number of amides is 1. The number of aromatic nitrogens is 1. The van der Waals surface area contributed by atoms with Gasteiger partial charge in [0.1, 0.15) is 11.9 Å². The van der Waals surface area contributed by atoms with Crippen LogP contribution in [0.3, 0.4) is 0 Å². The van der Waals surface area contributed by atoms with Gasteiger partial charge in [0, 0.05) is 19.3 Å². The first kappa shape index (κ1) is 11.9. The van der Waals surface area contributed by atoms with Crippen LogP contribution in [0.4, 0.5) is 5.82 Å². The first-order valence-corrected chi connectivity index (χ1v) is 6.15. The summed E-state index contributed by atoms with van der Waals surface area (Å²) in [5.41, 5.74) is 1.06. The lowest BCUT2D eigenvalue weighted by Gasteiger charge is -2.22. The Kier molecular flexibility index (Phi) is 3.61. The minimum Gasteiger partial charge on any atom is -0.358 e. The van der Waals surface area contributed by atoms with Gasteiger partial charge < -0.3 is 10.2 Å². The molecule has 1 aliphatic rings. The molecular weight excluding hydrogens is 214 g/mol. The van der Waals surface area contributed by atoms with Crippen molar-refractivity contribution in [1.82, 2.24) is 9.88 Å². The largest absolute Gasteiger partial charge is 0.358 e. The van der Waals surface area contributed by atoms with E-state index in [0.29, 0.717) is 0 Å². The molecule has 1 aromatic heterocycles. The summed E-state index contributed by atoms with van der Waals surface area (Å²) in [7, 11) is 0. The van der Waals surface area contributed by atoms with E-state index in [0.717, 1.165) is 37.3 Å². The number of carbonyl (C=O) groups excluding carboxylic acids is 1. The molecule has 1 aliphatic heterocycles. The van der Waals surface area contributed by atoms with Crippen molar-refractivity contribution in [3.63, 3.8) is 0 Å². The predicted octanol–water partition coefficient (Wildman–Crippen LogP) is 1.81. The van der Waals surface area contributed by atoms with Crippen molar-refractivity contribution in [3.05, 3.63) is 23.9 Å². The average Bonchev–Trinajstić information content (AvgIpc) is 2.84. The van der Waals surface area contributed by atoms with Crippen LogP contribution in [-0.2, 0) is 4.79 Å². The fraction of sp³-hybridized carbons (Fsp3) is 0.538. The van der Waals surface area contributed by atoms with Crippen molar-refractivity contribution in [1.29, 1.82) is 0 Å². The molecule has 17 heavy (non-hydrogen) atoms. The smallest absolute Gasteiger partial charge is 0.244 e. The van der Waals surface area contributed by atoms with E-state index in [1.165, 1.54) is 0 Å². The zero-order valence-electron chi connectivity index (χ0n) is 10.4. The Hall–Kier alpha value is -1.58. The number of anilines is 1. The molecule has 2 heterocycles. The molecule has 0 radical (unpaired) electrons. The molecule has 1 fully saturated rings. The van der Waals surface area contributed by atoms with Crippen molar-refractivity contribution in [3.8, 4) is 0 Å². The number of likely N-dealkylation sites (tertiary alicyclic amines) is 1. The Balaban J connectivity index is 1.99. The lowest BCUT2D eigenvalue weighted by atomic mass is 10.2. The quantitative estimate of drug-likeness (QED) is 0.866. The van der Waals surface area contributed by atoms with Crippen molar-refractivity contribution in [2.24, 2.45) is 0 Å². The Bertz CT molecular complexity index is 399. The molecule has 1 amide bonds. The number of nitrogens with one attached hydrogen (secondary N) is 1. The van der Waals surface area contributed by atoms with Crippen LogP contribution in [0.2, 0.25) is 0 Å². The molecule has 0 bridgehead atoms. The summed E-state index contributed by atoms with van der Waals surface area (Å²) in [5.74, 6) is 0.972. The molecule has 0 saturated carbocycles. The van der Waals surface area contributed by atoms with Crippen LogP contribution in [0.1, 0.15) is 25.3 Å². The summed E-state index contributed by atoms with van der Waals surface area (Å²) in [5, 5.41) is 3.18. The molecule has 1 unspecified atom stereocenters. The maximum atomic E-state index is 12.1. The van der Waals surface area contributed by atoms with Gasteiger partial charge in [-0.3, -0.25) is 4.79 Å². The fourth-order valence-electron chi connectivity index (χ4n) is 2.11. The van der Waals surface area contributed by atoms with Gasteiger partial charge in [0.2, 0.25) is 5.91 Å². The van der Waals surface area contributed by atoms with Crippen molar-refractivity contribution >= 4 is 11.7 Å². The first-order chi connectivity index (χ1) is 8.18. The lowest BCUT2D eigenvalue weighted by molar-refractivity contribution is -0.130. The van der Waals surface area contributed by atoms with Crippen LogP contribution >= 0.6 is 0 Å². The van der Waals surface area contributed by atoms with Gasteiger partial charge >= 0.3 is 0 Å². The highest BCUT2D eigenvalue weighted by Gasteiger charge is 2.23. The summed E-state index contributed by atoms with van der Waals surface area (Å²) >= 11 is 0. The van der Waals surface area contributed by atoms with E-state index in [-0.39, 0.29) is 11.9 Å². The van der Waals surface area contributed by atoms with Crippen LogP contribution < -0.4 is 5.32 Å². The fourth-order valence-corrected chi connectivity index (χ4v) is 2.11. The van der Waals surface area contributed by atoms with E-state index in [4.69, 9.17) is 0 Å². The van der Waals surface area contributed by atoms with E-state index in [1.54, 1.807) is 6.20 Å². The highest BCUT2D eigenvalue weighted by Crippen LogP contribution is 2.14. The van der Waals surface area contributed by atoms with Crippen molar-refractivity contribution < 1.29 is 4.79 Å². The van der Waals surface area contributed by atoms with Crippen LogP contribution in [0.15, 0.2) is 18.3 Å². The Morgan fingerprint density at radius 1 is 1.47 bits per heavy atom. The summed E-state index contributed by atoms with van der Waals surface area (Å²) in [6.45, 7) is 5.68. The summed E-state index contributed by atoms with van der Waals surface area (Å²) < 4.78 is 0. The second-order valence-electron chi connectivity index (χ2n) is 4.57. The molecule has 4 heteroatoms. The molecule has 1 atom stereocenters.